The minimum atomic E-state index is -0.714. The number of fused-ring (bicyclic) bond motifs is 2. The molecule has 10 heteroatoms. The van der Waals surface area contributed by atoms with Gasteiger partial charge in [0.1, 0.15) is 11.6 Å². The third-order valence-electron chi connectivity index (χ3n) is 10.7. The van der Waals surface area contributed by atoms with Gasteiger partial charge in [-0.1, -0.05) is 30.3 Å². The number of hydrogen-bond donors (Lipinski definition) is 2. The summed E-state index contributed by atoms with van der Waals surface area (Å²) in [5.41, 5.74) is 9.96. The van der Waals surface area contributed by atoms with Gasteiger partial charge in [0, 0.05) is 54.7 Å². The maximum absolute atomic E-state index is 11.4. The van der Waals surface area contributed by atoms with Crippen molar-refractivity contribution in [2.24, 2.45) is 5.92 Å². The Bertz CT molecular complexity index is 2080. The summed E-state index contributed by atoms with van der Waals surface area (Å²) in [7, 11) is 1.68. The Labute approximate surface area is 298 Å². The van der Waals surface area contributed by atoms with Crippen molar-refractivity contribution in [3.05, 3.63) is 101 Å². The summed E-state index contributed by atoms with van der Waals surface area (Å²) >= 11 is 0. The molecule has 2 atom stereocenters. The lowest BCUT2D eigenvalue weighted by molar-refractivity contribution is -0.141. The standard InChI is InChI=1S/C41H44N6O4/c1-26-31(7-6-10-35(26)44-39-38-28(15-17-42-39)21-27(22-43-38)23-47-20-16-30(25-47)41(48)49)32-8-5-9-34-33(32)12-13-36(34)51-37-14-11-29(40(45-37)50-2)24-46-18-3-4-19-46/h5-11,14-15,17,21-22,30,36H,3-4,12-13,16,18-20,23-25H2,1-2H3,(H,42,44)(H,48,49)/t30-,36-/m1/s1. The van der Waals surface area contributed by atoms with Crippen molar-refractivity contribution in [3.8, 4) is 22.9 Å². The summed E-state index contributed by atoms with van der Waals surface area (Å²) in [5, 5.41) is 14.0. The Balaban J connectivity index is 1.00. The quantitative estimate of drug-likeness (QED) is 0.147. The zero-order valence-corrected chi connectivity index (χ0v) is 29.3. The highest BCUT2D eigenvalue weighted by Crippen LogP contribution is 2.42. The predicted octanol–water partition coefficient (Wildman–Crippen LogP) is 7.32. The maximum Gasteiger partial charge on any atom is 0.307 e. The van der Waals surface area contributed by atoms with Gasteiger partial charge >= 0.3 is 5.97 Å². The minimum absolute atomic E-state index is 0.0804. The maximum atomic E-state index is 11.4. The van der Waals surface area contributed by atoms with Crippen LogP contribution in [0.4, 0.5) is 11.5 Å². The fourth-order valence-corrected chi connectivity index (χ4v) is 8.04. The van der Waals surface area contributed by atoms with Gasteiger partial charge in [0.2, 0.25) is 11.8 Å². The summed E-state index contributed by atoms with van der Waals surface area (Å²) in [6.45, 7) is 7.29. The molecule has 2 fully saturated rings. The van der Waals surface area contributed by atoms with E-state index in [1.165, 1.54) is 35.1 Å². The van der Waals surface area contributed by atoms with E-state index >= 15 is 0 Å². The third-order valence-corrected chi connectivity index (χ3v) is 10.7. The molecule has 10 nitrogen and oxygen atoms in total. The van der Waals surface area contributed by atoms with Gasteiger partial charge < -0.3 is 19.9 Å². The van der Waals surface area contributed by atoms with Crippen LogP contribution in [0, 0.1) is 12.8 Å². The van der Waals surface area contributed by atoms with Crippen LogP contribution < -0.4 is 14.8 Å². The van der Waals surface area contributed by atoms with Crippen LogP contribution in [0.2, 0.25) is 0 Å². The molecule has 0 unspecified atom stereocenters. The number of aromatic nitrogens is 3. The number of likely N-dealkylation sites (tertiary alicyclic amines) is 2. The number of carboxylic acids is 1. The molecule has 5 aromatic rings. The first kappa shape index (κ1) is 33.1. The van der Waals surface area contributed by atoms with Crippen molar-refractivity contribution in [3.63, 3.8) is 0 Å². The fourth-order valence-electron chi connectivity index (χ4n) is 8.04. The number of nitrogens with one attached hydrogen (secondary N) is 1. The van der Waals surface area contributed by atoms with Crippen molar-refractivity contribution in [1.82, 2.24) is 24.8 Å². The van der Waals surface area contributed by atoms with Crippen LogP contribution in [0.5, 0.6) is 11.8 Å². The molecule has 0 amide bonds. The van der Waals surface area contributed by atoms with Crippen molar-refractivity contribution in [2.45, 2.75) is 58.2 Å². The van der Waals surface area contributed by atoms with E-state index in [0.29, 0.717) is 37.1 Å². The lowest BCUT2D eigenvalue weighted by atomic mass is 9.93. The van der Waals surface area contributed by atoms with Gasteiger partial charge in [0.05, 0.1) is 13.0 Å². The molecular weight excluding hydrogens is 640 g/mol. The summed E-state index contributed by atoms with van der Waals surface area (Å²) in [4.78, 5) is 30.3. The van der Waals surface area contributed by atoms with Crippen LogP contribution in [-0.2, 0) is 24.3 Å². The zero-order chi connectivity index (χ0) is 34.9. The van der Waals surface area contributed by atoms with Gasteiger partial charge in [0.25, 0.3) is 0 Å². The van der Waals surface area contributed by atoms with Crippen LogP contribution >= 0.6 is 0 Å². The summed E-state index contributed by atoms with van der Waals surface area (Å²) in [5.74, 6) is 0.925. The predicted molar refractivity (Wildman–Crippen MR) is 197 cm³/mol. The molecule has 8 rings (SSSR count). The number of rotatable bonds is 11. The lowest BCUT2D eigenvalue weighted by Crippen LogP contribution is -2.22. The summed E-state index contributed by atoms with van der Waals surface area (Å²) in [6, 6.07) is 21.1. The number of methoxy groups -OCH3 is 1. The average Bonchev–Trinajstić information content (AvgIpc) is 3.92. The smallest absolute Gasteiger partial charge is 0.307 e. The first-order valence-corrected chi connectivity index (χ1v) is 18.0. The number of carbonyl (C=O) groups is 1. The van der Waals surface area contributed by atoms with Gasteiger partial charge in [-0.2, -0.15) is 4.98 Å². The molecule has 0 spiro atoms. The molecule has 2 aromatic carbocycles. The number of anilines is 2. The van der Waals surface area contributed by atoms with Crippen LogP contribution in [0.3, 0.4) is 0 Å². The van der Waals surface area contributed by atoms with Gasteiger partial charge in [-0.3, -0.25) is 19.6 Å². The molecule has 0 saturated carbocycles. The number of nitrogens with zero attached hydrogens (tertiary/aromatic N) is 5. The van der Waals surface area contributed by atoms with Crippen molar-refractivity contribution < 1.29 is 19.4 Å². The number of carboxylic acid groups (broad SMARTS) is 1. The lowest BCUT2D eigenvalue weighted by Gasteiger charge is -2.19. The Kier molecular flexibility index (Phi) is 9.27. The zero-order valence-electron chi connectivity index (χ0n) is 29.3. The molecule has 2 aliphatic heterocycles. The van der Waals surface area contributed by atoms with E-state index in [4.69, 9.17) is 19.4 Å². The van der Waals surface area contributed by atoms with E-state index in [1.807, 2.05) is 18.3 Å². The Morgan fingerprint density at radius 3 is 2.63 bits per heavy atom. The molecular formula is C41H44N6O4. The van der Waals surface area contributed by atoms with Gasteiger partial charge in [0.15, 0.2) is 5.82 Å². The first-order chi connectivity index (χ1) is 24.9. The highest BCUT2D eigenvalue weighted by molar-refractivity contribution is 5.91. The van der Waals surface area contributed by atoms with Crippen LogP contribution in [0.15, 0.2) is 73.1 Å². The van der Waals surface area contributed by atoms with Crippen LogP contribution in [0.1, 0.15) is 59.6 Å². The SMILES string of the molecule is COc1nc(O[C@@H]2CCc3c(-c4cccc(Nc5nccc6cc(CN7CC[C@@H](C(=O)O)C7)cnc56)c4C)cccc32)ccc1CN1CCCC1. The second-order valence-electron chi connectivity index (χ2n) is 14.1. The summed E-state index contributed by atoms with van der Waals surface area (Å²) < 4.78 is 12.2. The van der Waals surface area contributed by atoms with E-state index in [2.05, 4.69) is 75.6 Å². The molecule has 2 N–H and O–H groups in total. The highest BCUT2D eigenvalue weighted by Gasteiger charge is 2.29. The largest absolute Gasteiger partial charge is 0.481 e. The normalized spacial score (nSPS) is 19.0. The molecule has 51 heavy (non-hydrogen) atoms. The van der Waals surface area contributed by atoms with Crippen LogP contribution in [-0.4, -0.2) is 69.1 Å². The van der Waals surface area contributed by atoms with Crippen molar-refractivity contribution >= 4 is 28.4 Å². The second-order valence-corrected chi connectivity index (χ2v) is 14.1. The van der Waals surface area contributed by atoms with E-state index in [9.17, 15) is 9.90 Å². The fraction of sp³-hybridized carbons (Fsp3) is 0.366. The molecule has 3 aliphatic rings. The average molecular weight is 685 g/mol. The number of pyridine rings is 3. The number of ether oxygens (including phenoxy) is 2. The third kappa shape index (κ3) is 6.86. The monoisotopic (exact) mass is 684 g/mol. The molecule has 5 heterocycles. The number of benzene rings is 2. The van der Waals surface area contributed by atoms with Gasteiger partial charge in [-0.15, -0.1) is 0 Å². The van der Waals surface area contributed by atoms with Gasteiger partial charge in [-0.25, -0.2) is 4.98 Å². The van der Waals surface area contributed by atoms with Gasteiger partial charge in [-0.05, 0) is 116 Å². The molecule has 262 valence electrons. The summed E-state index contributed by atoms with van der Waals surface area (Å²) in [6.07, 6.45) is 8.60. The minimum Gasteiger partial charge on any atom is -0.481 e. The van der Waals surface area contributed by atoms with Crippen LogP contribution in [0.25, 0.3) is 22.0 Å². The van der Waals surface area contributed by atoms with E-state index < -0.39 is 5.97 Å². The molecule has 3 aromatic heterocycles. The number of hydrogen-bond acceptors (Lipinski definition) is 9. The van der Waals surface area contributed by atoms with Crippen molar-refractivity contribution in [2.75, 3.05) is 38.6 Å². The van der Waals surface area contributed by atoms with Crippen molar-refractivity contribution in [1.29, 1.82) is 0 Å². The van der Waals surface area contributed by atoms with E-state index in [-0.39, 0.29) is 12.0 Å². The molecule has 1 aliphatic carbocycles. The molecule has 0 radical (unpaired) electrons. The number of aliphatic carboxylic acids is 1. The molecule has 2 saturated heterocycles. The highest BCUT2D eigenvalue weighted by atomic mass is 16.5. The topological polar surface area (TPSA) is 113 Å². The van der Waals surface area contributed by atoms with E-state index in [0.717, 1.165) is 72.3 Å². The molecule has 0 bridgehead atoms. The first-order valence-electron chi connectivity index (χ1n) is 18.0. The Hall–Kier alpha value is -5.06. The Morgan fingerprint density at radius 1 is 0.961 bits per heavy atom. The second kappa shape index (κ2) is 14.3. The Morgan fingerprint density at radius 2 is 1.80 bits per heavy atom. The van der Waals surface area contributed by atoms with E-state index in [1.54, 1.807) is 13.3 Å².